The smallest absolute Gasteiger partial charge is 0.302 e. The van der Waals surface area contributed by atoms with Gasteiger partial charge in [-0.2, -0.15) is 9.78 Å². The van der Waals surface area contributed by atoms with Gasteiger partial charge in [0.25, 0.3) is 0 Å². The summed E-state index contributed by atoms with van der Waals surface area (Å²) in [4.78, 5) is 21.4. The molecule has 1 heterocycles. The van der Waals surface area contributed by atoms with Crippen LogP contribution >= 0.6 is 0 Å². The summed E-state index contributed by atoms with van der Waals surface area (Å²) >= 11 is 0. The van der Waals surface area contributed by atoms with Crippen molar-refractivity contribution in [1.29, 1.82) is 0 Å². The van der Waals surface area contributed by atoms with Crippen LogP contribution in [0.3, 0.4) is 0 Å². The third-order valence-electron chi connectivity index (χ3n) is 3.95. The fourth-order valence-corrected chi connectivity index (χ4v) is 2.42. The van der Waals surface area contributed by atoms with Crippen molar-refractivity contribution in [3.8, 4) is 0 Å². The second kappa shape index (κ2) is 3.68. The first-order chi connectivity index (χ1) is 7.37. The van der Waals surface area contributed by atoms with E-state index in [-0.39, 0.29) is 23.6 Å². The monoisotopic (exact) mass is 230 g/mol. The summed E-state index contributed by atoms with van der Waals surface area (Å²) in [5.41, 5.74) is -0.657. The Kier molecular flexibility index (Phi) is 2.72. The molecule has 1 aliphatic heterocycles. The third-order valence-corrected chi connectivity index (χ3v) is 3.95. The number of fused-ring (bicyclic) bond motifs is 1. The van der Waals surface area contributed by atoms with Gasteiger partial charge in [0, 0.05) is 6.92 Å². The van der Waals surface area contributed by atoms with Gasteiger partial charge in [-0.15, -0.1) is 0 Å². The Morgan fingerprint density at radius 2 is 2.06 bits per heavy atom. The zero-order valence-electron chi connectivity index (χ0n) is 10.1. The molecule has 1 aliphatic carbocycles. The van der Waals surface area contributed by atoms with Crippen molar-refractivity contribution in [1.82, 2.24) is 0 Å². The minimum absolute atomic E-state index is 0.0786. The highest BCUT2D eigenvalue weighted by molar-refractivity contribution is 5.66. The molecule has 16 heavy (non-hydrogen) atoms. The fourth-order valence-electron chi connectivity index (χ4n) is 2.42. The van der Waals surface area contributed by atoms with E-state index in [2.05, 4.69) is 18.9 Å². The van der Waals surface area contributed by atoms with E-state index in [0.717, 1.165) is 12.8 Å². The summed E-state index contributed by atoms with van der Waals surface area (Å²) in [5, 5.41) is 4.65. The number of hydrogen-bond donors (Lipinski definition) is 0. The molecule has 2 aliphatic rings. The van der Waals surface area contributed by atoms with Crippen LogP contribution in [-0.2, 0) is 24.3 Å². The van der Waals surface area contributed by atoms with Crippen molar-refractivity contribution in [3.05, 3.63) is 0 Å². The number of carbonyl (C=O) groups excluding carboxylic acids is 1. The van der Waals surface area contributed by atoms with Crippen molar-refractivity contribution in [3.63, 3.8) is 0 Å². The summed E-state index contributed by atoms with van der Waals surface area (Å²) in [6.07, 6.45) is 1.00. The molecule has 0 aromatic heterocycles. The molecule has 3 unspecified atom stereocenters. The van der Waals surface area contributed by atoms with Crippen LogP contribution in [0, 0.1) is 5.41 Å². The molecule has 2 rings (SSSR count). The molecule has 5 heteroatoms. The van der Waals surface area contributed by atoms with Crippen LogP contribution < -0.4 is 0 Å². The maximum absolute atomic E-state index is 11.0. The molecule has 0 bridgehead atoms. The molecule has 0 N–H and O–H groups in total. The van der Waals surface area contributed by atoms with Crippen LogP contribution in [0.1, 0.15) is 40.5 Å². The van der Waals surface area contributed by atoms with Crippen LogP contribution in [0.4, 0.5) is 0 Å². The standard InChI is InChI=1S/C11H18O5/c1-7(12)13-8-5-6-10(2,3)11(4)9(8)14-16-15-11/h8-9H,5-6H2,1-4H3. The summed E-state index contributed by atoms with van der Waals surface area (Å²) in [7, 11) is 0. The van der Waals surface area contributed by atoms with E-state index in [1.54, 1.807) is 0 Å². The minimum atomic E-state index is -0.578. The Morgan fingerprint density at radius 3 is 2.69 bits per heavy atom. The first-order valence-corrected chi connectivity index (χ1v) is 5.55. The Labute approximate surface area is 94.9 Å². The molecule has 0 aromatic rings. The molecule has 0 amide bonds. The molecule has 3 atom stereocenters. The van der Waals surface area contributed by atoms with E-state index < -0.39 is 5.60 Å². The van der Waals surface area contributed by atoms with E-state index in [9.17, 15) is 4.79 Å². The van der Waals surface area contributed by atoms with E-state index in [1.807, 2.05) is 6.92 Å². The Bertz CT molecular complexity index is 301. The SMILES string of the molecule is CC(=O)OC1CCC(C)(C)C2(C)OOOC12. The average molecular weight is 230 g/mol. The lowest BCUT2D eigenvalue weighted by Crippen LogP contribution is -2.58. The van der Waals surface area contributed by atoms with Crippen molar-refractivity contribution in [2.24, 2.45) is 5.41 Å². The molecule has 2 fully saturated rings. The van der Waals surface area contributed by atoms with Crippen LogP contribution in [0.15, 0.2) is 0 Å². The second-order valence-corrected chi connectivity index (χ2v) is 5.35. The van der Waals surface area contributed by atoms with Gasteiger partial charge < -0.3 is 4.74 Å². The molecular formula is C11H18O5. The summed E-state index contributed by atoms with van der Waals surface area (Å²) in [6.45, 7) is 7.53. The first kappa shape index (κ1) is 11.8. The number of rotatable bonds is 1. The minimum Gasteiger partial charge on any atom is -0.460 e. The van der Waals surface area contributed by atoms with E-state index in [1.165, 1.54) is 6.92 Å². The molecule has 1 saturated heterocycles. The number of esters is 1. The molecule has 0 aromatic carbocycles. The molecule has 5 nitrogen and oxygen atoms in total. The van der Waals surface area contributed by atoms with E-state index >= 15 is 0 Å². The summed E-state index contributed by atoms with van der Waals surface area (Å²) in [5.74, 6) is -0.303. The predicted octanol–water partition coefficient (Wildman–Crippen LogP) is 1.76. The van der Waals surface area contributed by atoms with E-state index in [0.29, 0.717) is 0 Å². The van der Waals surface area contributed by atoms with Crippen LogP contribution in [0.25, 0.3) is 0 Å². The summed E-state index contributed by atoms with van der Waals surface area (Å²) in [6, 6.07) is 0. The van der Waals surface area contributed by atoms with Crippen molar-refractivity contribution >= 4 is 5.97 Å². The maximum Gasteiger partial charge on any atom is 0.302 e. The zero-order chi connectivity index (χ0) is 12.0. The predicted molar refractivity (Wildman–Crippen MR) is 54.0 cm³/mol. The van der Waals surface area contributed by atoms with Gasteiger partial charge in [-0.25, -0.2) is 0 Å². The van der Waals surface area contributed by atoms with Gasteiger partial charge in [-0.3, -0.25) is 4.79 Å². The lowest BCUT2D eigenvalue weighted by molar-refractivity contribution is -0.478. The Balaban J connectivity index is 2.21. The molecule has 1 saturated carbocycles. The molecule has 92 valence electrons. The van der Waals surface area contributed by atoms with Crippen LogP contribution in [0.2, 0.25) is 0 Å². The highest BCUT2D eigenvalue weighted by Crippen LogP contribution is 2.50. The Morgan fingerprint density at radius 1 is 1.38 bits per heavy atom. The van der Waals surface area contributed by atoms with Crippen molar-refractivity contribution in [2.45, 2.75) is 58.3 Å². The third kappa shape index (κ3) is 1.63. The number of carbonyl (C=O) groups is 1. The quantitative estimate of drug-likeness (QED) is 0.507. The van der Waals surface area contributed by atoms with Crippen LogP contribution in [0.5, 0.6) is 0 Å². The lowest BCUT2D eigenvalue weighted by Gasteiger charge is -2.46. The van der Waals surface area contributed by atoms with Gasteiger partial charge in [0.2, 0.25) is 0 Å². The fraction of sp³-hybridized carbons (Fsp3) is 0.909. The molecule has 0 radical (unpaired) electrons. The average Bonchev–Trinajstić information content (AvgIpc) is 2.55. The summed E-state index contributed by atoms with van der Waals surface area (Å²) < 4.78 is 5.24. The Hall–Kier alpha value is -0.650. The maximum atomic E-state index is 11.0. The van der Waals surface area contributed by atoms with Crippen LogP contribution in [-0.4, -0.2) is 23.8 Å². The van der Waals surface area contributed by atoms with Gasteiger partial charge in [-0.05, 0) is 25.2 Å². The van der Waals surface area contributed by atoms with Crippen molar-refractivity contribution in [2.75, 3.05) is 0 Å². The van der Waals surface area contributed by atoms with Gasteiger partial charge >= 0.3 is 5.97 Å². The van der Waals surface area contributed by atoms with Gasteiger partial charge in [0.15, 0.2) is 6.10 Å². The molecular weight excluding hydrogens is 212 g/mol. The first-order valence-electron chi connectivity index (χ1n) is 5.55. The largest absolute Gasteiger partial charge is 0.460 e. The van der Waals surface area contributed by atoms with Gasteiger partial charge in [-0.1, -0.05) is 18.9 Å². The topological polar surface area (TPSA) is 54.0 Å². The molecule has 0 spiro atoms. The normalized spacial score (nSPS) is 41.5. The van der Waals surface area contributed by atoms with Gasteiger partial charge in [0.1, 0.15) is 11.7 Å². The van der Waals surface area contributed by atoms with E-state index in [4.69, 9.17) is 14.5 Å². The van der Waals surface area contributed by atoms with Gasteiger partial charge in [0.05, 0.1) is 0 Å². The number of hydrogen-bond acceptors (Lipinski definition) is 5. The highest BCUT2D eigenvalue weighted by Gasteiger charge is 2.61. The highest BCUT2D eigenvalue weighted by atomic mass is 17.5. The zero-order valence-corrected chi connectivity index (χ0v) is 10.1. The second-order valence-electron chi connectivity index (χ2n) is 5.35. The number of ether oxygens (including phenoxy) is 1. The lowest BCUT2D eigenvalue weighted by atomic mass is 9.64. The van der Waals surface area contributed by atoms with Crippen molar-refractivity contribution < 1.29 is 24.3 Å².